The molecule has 1 saturated heterocycles. The van der Waals surface area contributed by atoms with Crippen molar-refractivity contribution in [1.29, 1.82) is 0 Å². The number of amides is 1. The summed E-state index contributed by atoms with van der Waals surface area (Å²) in [5.41, 5.74) is 1.62. The zero-order valence-electron chi connectivity index (χ0n) is 14.7. The molecule has 1 aliphatic rings. The molecule has 1 aliphatic heterocycles. The van der Waals surface area contributed by atoms with E-state index >= 15 is 0 Å². The highest BCUT2D eigenvalue weighted by molar-refractivity contribution is 7.91. The molecule has 1 atom stereocenters. The minimum atomic E-state index is -3.03. The first-order chi connectivity index (χ1) is 12.2. The summed E-state index contributed by atoms with van der Waals surface area (Å²) in [6.45, 7) is 3.74. The number of carbonyl (C=O) groups is 1. The van der Waals surface area contributed by atoms with Gasteiger partial charge in [-0.15, -0.1) is 11.3 Å². The number of aromatic nitrogens is 4. The topological polar surface area (TPSA) is 98.9 Å². The van der Waals surface area contributed by atoms with E-state index in [1.165, 1.54) is 11.3 Å². The fourth-order valence-corrected chi connectivity index (χ4v) is 6.06. The predicted octanol–water partition coefficient (Wildman–Crippen LogP) is 2.06. The highest BCUT2D eigenvalue weighted by Gasteiger charge is 2.31. The van der Waals surface area contributed by atoms with Crippen LogP contribution in [0, 0.1) is 13.8 Å². The van der Waals surface area contributed by atoms with Crippen molar-refractivity contribution in [2.24, 2.45) is 7.05 Å². The van der Waals surface area contributed by atoms with Crippen molar-refractivity contribution in [3.8, 4) is 0 Å². The number of carbonyl (C=O) groups excluding carboxylic acids is 1. The Kier molecular flexibility index (Phi) is 3.92. The fraction of sp³-hybridized carbons (Fsp3) is 0.438. The number of hydrogen-bond donors (Lipinski definition) is 1. The highest BCUT2D eigenvalue weighted by Crippen LogP contribution is 2.30. The van der Waals surface area contributed by atoms with Crippen molar-refractivity contribution in [2.75, 3.05) is 16.8 Å². The van der Waals surface area contributed by atoms with Crippen LogP contribution in [-0.4, -0.2) is 45.4 Å². The molecule has 0 aromatic carbocycles. The van der Waals surface area contributed by atoms with Gasteiger partial charge < -0.3 is 5.32 Å². The Balaban J connectivity index is 1.62. The molecule has 138 valence electrons. The van der Waals surface area contributed by atoms with Crippen LogP contribution in [0.15, 0.2) is 12.1 Å². The normalized spacial score (nSPS) is 19.3. The third kappa shape index (κ3) is 2.92. The molecule has 4 rings (SSSR count). The Morgan fingerprint density at radius 1 is 1.31 bits per heavy atom. The fourth-order valence-electron chi connectivity index (χ4n) is 3.35. The van der Waals surface area contributed by atoms with E-state index < -0.39 is 9.84 Å². The van der Waals surface area contributed by atoms with Crippen molar-refractivity contribution in [1.82, 2.24) is 19.6 Å². The lowest BCUT2D eigenvalue weighted by Crippen LogP contribution is -2.19. The zero-order chi connectivity index (χ0) is 18.6. The summed E-state index contributed by atoms with van der Waals surface area (Å²) in [4.78, 5) is 14.2. The van der Waals surface area contributed by atoms with Crippen LogP contribution in [-0.2, 0) is 16.9 Å². The van der Waals surface area contributed by atoms with Crippen LogP contribution in [0.1, 0.15) is 33.5 Å². The van der Waals surface area contributed by atoms with Crippen LogP contribution >= 0.6 is 11.3 Å². The van der Waals surface area contributed by atoms with E-state index in [-0.39, 0.29) is 23.5 Å². The van der Waals surface area contributed by atoms with Crippen molar-refractivity contribution in [2.45, 2.75) is 26.3 Å². The Bertz CT molecular complexity index is 1090. The number of nitrogens with one attached hydrogen (secondary N) is 1. The van der Waals surface area contributed by atoms with Crippen LogP contribution in [0.4, 0.5) is 5.82 Å². The summed E-state index contributed by atoms with van der Waals surface area (Å²) in [5.74, 6) is 0.520. The van der Waals surface area contributed by atoms with Gasteiger partial charge in [-0.1, -0.05) is 0 Å². The first kappa shape index (κ1) is 17.2. The molecule has 1 amide bonds. The Morgan fingerprint density at radius 3 is 2.73 bits per heavy atom. The number of thiophene rings is 1. The number of fused-ring (bicyclic) bond motifs is 1. The third-order valence-corrected chi connectivity index (χ3v) is 7.52. The molecule has 3 aromatic heterocycles. The van der Waals surface area contributed by atoms with Gasteiger partial charge in [-0.25, -0.2) is 13.1 Å². The molecule has 26 heavy (non-hydrogen) atoms. The Morgan fingerprint density at radius 2 is 2.08 bits per heavy atom. The summed E-state index contributed by atoms with van der Waals surface area (Å²) in [6.07, 6.45) is 0.514. The van der Waals surface area contributed by atoms with Crippen molar-refractivity contribution >= 4 is 43.1 Å². The van der Waals surface area contributed by atoms with Gasteiger partial charge in [0, 0.05) is 18.5 Å². The summed E-state index contributed by atoms with van der Waals surface area (Å²) < 4.78 is 27.0. The lowest BCUT2D eigenvalue weighted by Gasteiger charge is -2.13. The first-order valence-electron chi connectivity index (χ1n) is 8.24. The molecular formula is C16H19N5O3S2. The zero-order valence-corrected chi connectivity index (χ0v) is 16.3. The van der Waals surface area contributed by atoms with Crippen LogP contribution in [0.5, 0.6) is 0 Å². The van der Waals surface area contributed by atoms with Gasteiger partial charge in [0.15, 0.2) is 9.84 Å². The van der Waals surface area contributed by atoms with Gasteiger partial charge in [0.05, 0.1) is 33.8 Å². The summed E-state index contributed by atoms with van der Waals surface area (Å²) in [5, 5.41) is 12.6. The van der Waals surface area contributed by atoms with E-state index in [2.05, 4.69) is 15.5 Å². The van der Waals surface area contributed by atoms with E-state index in [1.807, 2.05) is 27.0 Å². The number of hydrogen-bond acceptors (Lipinski definition) is 6. The SMILES string of the molecule is Cc1cc(NC(=O)c2cc3c(C)nn(C)c3s2)n(C2CCS(=O)(=O)C2)n1. The van der Waals surface area contributed by atoms with Crippen molar-refractivity contribution in [3.63, 3.8) is 0 Å². The lowest BCUT2D eigenvalue weighted by molar-refractivity contribution is 0.102. The van der Waals surface area contributed by atoms with Crippen molar-refractivity contribution in [3.05, 3.63) is 28.4 Å². The average molecular weight is 393 g/mol. The minimum Gasteiger partial charge on any atom is -0.306 e. The molecule has 0 saturated carbocycles. The Hall–Kier alpha value is -2.20. The van der Waals surface area contributed by atoms with Crippen LogP contribution in [0.25, 0.3) is 10.2 Å². The van der Waals surface area contributed by atoms with Crippen LogP contribution in [0.2, 0.25) is 0 Å². The molecule has 8 nitrogen and oxygen atoms in total. The largest absolute Gasteiger partial charge is 0.306 e. The predicted molar refractivity (Wildman–Crippen MR) is 101 cm³/mol. The van der Waals surface area contributed by atoms with E-state index in [1.54, 1.807) is 15.4 Å². The molecule has 3 aromatic rings. The highest BCUT2D eigenvalue weighted by atomic mass is 32.2. The maximum absolute atomic E-state index is 12.7. The van der Waals surface area contributed by atoms with E-state index in [0.717, 1.165) is 21.6 Å². The van der Waals surface area contributed by atoms with E-state index in [0.29, 0.717) is 17.1 Å². The maximum atomic E-state index is 12.7. The second-order valence-corrected chi connectivity index (χ2v) is 9.92. The molecule has 1 fully saturated rings. The van der Waals surface area contributed by atoms with Crippen molar-refractivity contribution < 1.29 is 13.2 Å². The van der Waals surface area contributed by atoms with Gasteiger partial charge in [-0.05, 0) is 26.3 Å². The number of rotatable bonds is 3. The molecule has 0 aliphatic carbocycles. The van der Waals surface area contributed by atoms with Gasteiger partial charge in [-0.2, -0.15) is 10.2 Å². The number of sulfone groups is 1. The molecular weight excluding hydrogens is 374 g/mol. The number of aryl methyl sites for hydroxylation is 3. The van der Waals surface area contributed by atoms with E-state index in [4.69, 9.17) is 0 Å². The second kappa shape index (κ2) is 5.92. The van der Waals surface area contributed by atoms with Gasteiger partial charge >= 0.3 is 0 Å². The molecule has 10 heteroatoms. The average Bonchev–Trinajstić information content (AvgIpc) is 3.27. The van der Waals surface area contributed by atoms with Crippen LogP contribution in [0.3, 0.4) is 0 Å². The summed E-state index contributed by atoms with van der Waals surface area (Å²) >= 11 is 1.38. The van der Waals surface area contributed by atoms with E-state index in [9.17, 15) is 13.2 Å². The molecule has 1 N–H and O–H groups in total. The molecule has 0 bridgehead atoms. The maximum Gasteiger partial charge on any atom is 0.266 e. The molecule has 0 radical (unpaired) electrons. The quantitative estimate of drug-likeness (QED) is 0.734. The van der Waals surface area contributed by atoms with Crippen LogP contribution < -0.4 is 5.32 Å². The standard InChI is InChI=1S/C16H19N5O3S2/c1-9-6-14(21(18-9)11-4-5-26(23,24)8-11)17-15(22)13-7-12-10(2)19-20(3)16(12)25-13/h6-7,11H,4-5,8H2,1-3H3,(H,17,22). The van der Waals surface area contributed by atoms with Gasteiger partial charge in [0.2, 0.25) is 0 Å². The second-order valence-electron chi connectivity index (χ2n) is 6.67. The number of anilines is 1. The summed E-state index contributed by atoms with van der Waals surface area (Å²) in [7, 11) is -1.18. The first-order valence-corrected chi connectivity index (χ1v) is 10.9. The molecule has 1 unspecified atom stereocenters. The van der Waals surface area contributed by atoms with Gasteiger partial charge in [0.1, 0.15) is 10.6 Å². The Labute approximate surface area is 154 Å². The van der Waals surface area contributed by atoms with Gasteiger partial charge in [0.25, 0.3) is 5.91 Å². The third-order valence-electron chi connectivity index (χ3n) is 4.57. The molecule has 0 spiro atoms. The summed E-state index contributed by atoms with van der Waals surface area (Å²) in [6, 6.07) is 3.37. The number of nitrogens with zero attached hydrogens (tertiary/aromatic N) is 4. The van der Waals surface area contributed by atoms with Gasteiger partial charge in [-0.3, -0.25) is 9.48 Å². The molecule has 4 heterocycles. The minimum absolute atomic E-state index is 0.0603. The monoisotopic (exact) mass is 393 g/mol. The smallest absolute Gasteiger partial charge is 0.266 e. The lowest BCUT2D eigenvalue weighted by atomic mass is 10.2.